The van der Waals surface area contributed by atoms with Crippen LogP contribution in [0.3, 0.4) is 0 Å². The summed E-state index contributed by atoms with van der Waals surface area (Å²) in [5, 5.41) is 3.72. The zero-order chi connectivity index (χ0) is 20.1. The maximum Gasteiger partial charge on any atom is 0.254 e. The van der Waals surface area contributed by atoms with Crippen molar-refractivity contribution in [3.05, 3.63) is 77.4 Å². The Balaban J connectivity index is 1.74. The molecule has 0 saturated heterocycles. The predicted molar refractivity (Wildman–Crippen MR) is 112 cm³/mol. The van der Waals surface area contributed by atoms with Gasteiger partial charge in [-0.2, -0.15) is 0 Å². The highest BCUT2D eigenvalue weighted by molar-refractivity contribution is 7.99. The number of aromatic nitrogens is 1. The minimum Gasteiger partial charge on any atom is -0.468 e. The molecule has 2 heterocycles. The second kappa shape index (κ2) is 9.08. The molecule has 146 valence electrons. The SMILES string of the molecule is Cc1ccc(Sc2ncccc2C(=O)NCC(c2ccco2)N(C)C)cc1C. The highest BCUT2D eigenvalue weighted by Gasteiger charge is 2.20. The Bertz CT molecular complexity index is 939. The lowest BCUT2D eigenvalue weighted by Crippen LogP contribution is -2.34. The fourth-order valence-corrected chi connectivity index (χ4v) is 3.82. The topological polar surface area (TPSA) is 58.4 Å². The van der Waals surface area contributed by atoms with E-state index in [2.05, 4.69) is 42.3 Å². The number of furan rings is 1. The number of carbonyl (C=O) groups excluding carboxylic acids is 1. The predicted octanol–water partition coefficient (Wildman–Crippen LogP) is 4.48. The number of hydrogen-bond donors (Lipinski definition) is 1. The first-order valence-corrected chi connectivity index (χ1v) is 9.95. The largest absolute Gasteiger partial charge is 0.468 e. The molecule has 0 fully saturated rings. The molecule has 3 rings (SSSR count). The van der Waals surface area contributed by atoms with E-state index in [1.54, 1.807) is 18.5 Å². The molecular formula is C22H25N3O2S. The van der Waals surface area contributed by atoms with Crippen LogP contribution in [0.4, 0.5) is 0 Å². The van der Waals surface area contributed by atoms with E-state index in [0.29, 0.717) is 17.1 Å². The number of nitrogens with one attached hydrogen (secondary N) is 1. The second-order valence-corrected chi connectivity index (χ2v) is 7.97. The van der Waals surface area contributed by atoms with Crippen LogP contribution in [0.5, 0.6) is 0 Å². The third kappa shape index (κ3) is 4.82. The van der Waals surface area contributed by atoms with Crippen LogP contribution in [0.2, 0.25) is 0 Å². The number of benzene rings is 1. The van der Waals surface area contributed by atoms with Gasteiger partial charge in [0.25, 0.3) is 5.91 Å². The summed E-state index contributed by atoms with van der Waals surface area (Å²) in [5.74, 6) is 0.680. The van der Waals surface area contributed by atoms with Crippen molar-refractivity contribution in [3.63, 3.8) is 0 Å². The van der Waals surface area contributed by atoms with Crippen molar-refractivity contribution in [1.82, 2.24) is 15.2 Å². The first-order chi connectivity index (χ1) is 13.5. The normalized spacial score (nSPS) is 12.2. The molecule has 2 aromatic heterocycles. The molecule has 1 unspecified atom stereocenters. The number of likely N-dealkylation sites (N-methyl/N-ethyl adjacent to an activating group) is 1. The van der Waals surface area contributed by atoms with E-state index < -0.39 is 0 Å². The van der Waals surface area contributed by atoms with Crippen molar-refractivity contribution in [2.24, 2.45) is 0 Å². The Morgan fingerprint density at radius 3 is 2.68 bits per heavy atom. The summed E-state index contributed by atoms with van der Waals surface area (Å²) in [7, 11) is 3.93. The number of aryl methyl sites for hydroxylation is 2. The Hall–Kier alpha value is -2.57. The van der Waals surface area contributed by atoms with Gasteiger partial charge in [0.2, 0.25) is 0 Å². The highest BCUT2D eigenvalue weighted by Crippen LogP contribution is 2.30. The summed E-state index contributed by atoms with van der Waals surface area (Å²) in [4.78, 5) is 20.4. The van der Waals surface area contributed by atoms with Crippen molar-refractivity contribution in [3.8, 4) is 0 Å². The number of amides is 1. The van der Waals surface area contributed by atoms with Gasteiger partial charge >= 0.3 is 0 Å². The van der Waals surface area contributed by atoms with Crippen LogP contribution < -0.4 is 5.32 Å². The molecular weight excluding hydrogens is 370 g/mol. The molecule has 0 aliphatic carbocycles. The van der Waals surface area contributed by atoms with Gasteiger partial charge in [0.05, 0.1) is 17.9 Å². The summed E-state index contributed by atoms with van der Waals surface area (Å²) in [5.41, 5.74) is 3.04. The van der Waals surface area contributed by atoms with Crippen LogP contribution in [-0.2, 0) is 0 Å². The minimum atomic E-state index is -0.141. The smallest absolute Gasteiger partial charge is 0.254 e. The molecule has 0 bridgehead atoms. The fraction of sp³-hybridized carbons (Fsp3) is 0.273. The van der Waals surface area contributed by atoms with Gasteiger partial charge in [-0.1, -0.05) is 17.8 Å². The lowest BCUT2D eigenvalue weighted by Gasteiger charge is -2.22. The molecule has 28 heavy (non-hydrogen) atoms. The molecule has 0 radical (unpaired) electrons. The maximum atomic E-state index is 12.9. The van der Waals surface area contributed by atoms with Crippen LogP contribution in [0.15, 0.2) is 69.3 Å². The van der Waals surface area contributed by atoms with Gasteiger partial charge in [-0.05, 0) is 75.5 Å². The van der Waals surface area contributed by atoms with Gasteiger partial charge < -0.3 is 9.73 Å². The Labute approximate surface area is 170 Å². The van der Waals surface area contributed by atoms with E-state index in [9.17, 15) is 4.79 Å². The highest BCUT2D eigenvalue weighted by atomic mass is 32.2. The summed E-state index contributed by atoms with van der Waals surface area (Å²) in [6.45, 7) is 4.62. The molecule has 3 aromatic rings. The van der Waals surface area contributed by atoms with Crippen molar-refractivity contribution in [2.75, 3.05) is 20.6 Å². The van der Waals surface area contributed by atoms with E-state index in [0.717, 1.165) is 10.7 Å². The Kier molecular flexibility index (Phi) is 6.54. The van der Waals surface area contributed by atoms with Gasteiger partial charge in [-0.25, -0.2) is 4.98 Å². The third-order valence-electron chi connectivity index (χ3n) is 4.66. The molecule has 5 nitrogen and oxygen atoms in total. The van der Waals surface area contributed by atoms with Crippen LogP contribution in [-0.4, -0.2) is 36.4 Å². The summed E-state index contributed by atoms with van der Waals surface area (Å²) < 4.78 is 5.51. The van der Waals surface area contributed by atoms with Crippen LogP contribution in [0, 0.1) is 13.8 Å². The van der Waals surface area contributed by atoms with Crippen LogP contribution in [0.25, 0.3) is 0 Å². The molecule has 0 saturated carbocycles. The molecule has 0 aliphatic rings. The molecule has 0 aliphatic heterocycles. The van der Waals surface area contributed by atoms with Gasteiger partial charge in [0.15, 0.2) is 0 Å². The molecule has 1 N–H and O–H groups in total. The maximum absolute atomic E-state index is 12.9. The number of pyridine rings is 1. The van der Waals surface area contributed by atoms with Crippen molar-refractivity contribution >= 4 is 17.7 Å². The lowest BCUT2D eigenvalue weighted by atomic mass is 10.1. The monoisotopic (exact) mass is 395 g/mol. The number of nitrogens with zero attached hydrogens (tertiary/aromatic N) is 2. The standard InChI is InChI=1S/C22H25N3O2S/c1-15-9-10-17(13-16(15)2)28-22-18(7-5-11-23-22)21(26)24-14-19(25(3)4)20-8-6-12-27-20/h5-13,19H,14H2,1-4H3,(H,24,26). The van der Waals surface area contributed by atoms with E-state index in [-0.39, 0.29) is 11.9 Å². The van der Waals surface area contributed by atoms with Gasteiger partial charge in [-0.15, -0.1) is 0 Å². The second-order valence-electron chi connectivity index (χ2n) is 6.91. The van der Waals surface area contributed by atoms with E-state index in [4.69, 9.17) is 4.42 Å². The van der Waals surface area contributed by atoms with Gasteiger partial charge in [-0.3, -0.25) is 9.69 Å². The third-order valence-corrected chi connectivity index (χ3v) is 5.67. The van der Waals surface area contributed by atoms with Gasteiger partial charge in [0, 0.05) is 17.6 Å². The van der Waals surface area contributed by atoms with Crippen molar-refractivity contribution in [1.29, 1.82) is 0 Å². The summed E-state index contributed by atoms with van der Waals surface area (Å²) in [6, 6.07) is 13.6. The first kappa shape index (κ1) is 20.2. The number of carbonyl (C=O) groups is 1. The summed E-state index contributed by atoms with van der Waals surface area (Å²) >= 11 is 1.50. The Morgan fingerprint density at radius 2 is 2.00 bits per heavy atom. The Morgan fingerprint density at radius 1 is 1.18 bits per heavy atom. The molecule has 1 aromatic carbocycles. The fourth-order valence-electron chi connectivity index (χ4n) is 2.84. The lowest BCUT2D eigenvalue weighted by molar-refractivity contribution is 0.0935. The zero-order valence-electron chi connectivity index (χ0n) is 16.6. The minimum absolute atomic E-state index is 0.0357. The van der Waals surface area contributed by atoms with Gasteiger partial charge in [0.1, 0.15) is 10.8 Å². The molecule has 0 spiro atoms. The zero-order valence-corrected chi connectivity index (χ0v) is 17.4. The van der Waals surface area contributed by atoms with E-state index in [1.165, 1.54) is 22.9 Å². The molecule has 6 heteroatoms. The average Bonchev–Trinajstić information content (AvgIpc) is 3.19. The van der Waals surface area contributed by atoms with E-state index in [1.807, 2.05) is 37.2 Å². The van der Waals surface area contributed by atoms with E-state index >= 15 is 0 Å². The average molecular weight is 396 g/mol. The van der Waals surface area contributed by atoms with Crippen molar-refractivity contribution in [2.45, 2.75) is 29.8 Å². The number of hydrogen-bond acceptors (Lipinski definition) is 5. The first-order valence-electron chi connectivity index (χ1n) is 9.14. The quantitative estimate of drug-likeness (QED) is 0.639. The van der Waals surface area contributed by atoms with Crippen molar-refractivity contribution < 1.29 is 9.21 Å². The van der Waals surface area contributed by atoms with Crippen LogP contribution in [0.1, 0.15) is 33.3 Å². The number of rotatable bonds is 7. The molecule has 1 amide bonds. The molecule has 1 atom stereocenters. The summed E-state index contributed by atoms with van der Waals surface area (Å²) in [6.07, 6.45) is 3.36. The van der Waals surface area contributed by atoms with Crippen LogP contribution >= 0.6 is 11.8 Å².